The van der Waals surface area contributed by atoms with E-state index >= 15 is 0 Å². The average molecular weight is 338 g/mol. The molecule has 2 rings (SSSR count). The number of allylic oxidation sites excluding steroid dienone is 6. The van der Waals surface area contributed by atoms with Gasteiger partial charge in [0, 0.05) is 0 Å². The Hall–Kier alpha value is -1.03. The van der Waals surface area contributed by atoms with Gasteiger partial charge in [-0.2, -0.15) is 0 Å². The van der Waals surface area contributed by atoms with Crippen molar-refractivity contribution >= 4 is 28.2 Å². The highest BCUT2D eigenvalue weighted by molar-refractivity contribution is 14.1. The van der Waals surface area contributed by atoms with E-state index in [1.807, 2.05) is 12.1 Å². The number of hydrogen-bond acceptors (Lipinski definition) is 1. The molecule has 1 nitrogen and oxygen atoms in total. The van der Waals surface area contributed by atoms with Crippen molar-refractivity contribution in [3.05, 3.63) is 59.7 Å². The molecule has 0 amide bonds. The van der Waals surface area contributed by atoms with Crippen LogP contribution in [-0.2, 0) is 0 Å². The lowest BCUT2D eigenvalue weighted by atomic mass is 10.0. The van der Waals surface area contributed by atoms with Crippen LogP contribution in [0.2, 0.25) is 0 Å². The lowest BCUT2D eigenvalue weighted by molar-refractivity contribution is 0.475. The van der Waals surface area contributed by atoms with Gasteiger partial charge in [-0.3, -0.25) is 0 Å². The van der Waals surface area contributed by atoms with Crippen LogP contribution in [0.25, 0.3) is 5.57 Å². The first-order valence-electron chi connectivity index (χ1n) is 5.55. The summed E-state index contributed by atoms with van der Waals surface area (Å²) in [5.41, 5.74) is 3.59. The second-order valence-corrected chi connectivity index (χ2v) is 6.84. The van der Waals surface area contributed by atoms with Gasteiger partial charge in [-0.1, -0.05) is 64.6 Å². The molecule has 1 aromatic rings. The van der Waals surface area contributed by atoms with Gasteiger partial charge in [0.25, 0.3) is 0 Å². The summed E-state index contributed by atoms with van der Waals surface area (Å²) in [6, 6.07) is 7.33. The highest BCUT2D eigenvalue weighted by Gasteiger charge is 2.16. The van der Waals surface area contributed by atoms with E-state index in [1.54, 1.807) is 12.1 Å². The third-order valence-electron chi connectivity index (χ3n) is 2.67. The highest BCUT2D eigenvalue weighted by Crippen LogP contribution is 2.32. The number of benzene rings is 1. The molecule has 0 bridgehead atoms. The maximum absolute atomic E-state index is 9.31. The molecule has 0 aliphatic heterocycles. The Morgan fingerprint density at radius 3 is 2.35 bits per heavy atom. The Kier molecular flexibility index (Phi) is 3.43. The third kappa shape index (κ3) is 3.22. The fraction of sp³-hybridized carbons (Fsp3) is 0.200. The Morgan fingerprint density at radius 1 is 1.06 bits per heavy atom. The number of phenols is 1. The molecule has 88 valence electrons. The van der Waals surface area contributed by atoms with Crippen LogP contribution in [0.3, 0.4) is 0 Å². The zero-order chi connectivity index (χ0) is 12.5. The van der Waals surface area contributed by atoms with E-state index < -0.39 is 0 Å². The Labute approximate surface area is 116 Å². The van der Waals surface area contributed by atoms with Crippen molar-refractivity contribution in [3.63, 3.8) is 0 Å². The maximum Gasteiger partial charge on any atom is 0.115 e. The van der Waals surface area contributed by atoms with Crippen molar-refractivity contribution < 1.29 is 5.11 Å². The van der Waals surface area contributed by atoms with Gasteiger partial charge in [0.15, 0.2) is 0 Å². The summed E-state index contributed by atoms with van der Waals surface area (Å²) < 4.78 is 0.0264. The number of alkyl halides is 1. The quantitative estimate of drug-likeness (QED) is 0.591. The van der Waals surface area contributed by atoms with Crippen LogP contribution in [-0.4, -0.2) is 8.53 Å². The lowest BCUT2D eigenvalue weighted by Crippen LogP contribution is -2.07. The van der Waals surface area contributed by atoms with Crippen molar-refractivity contribution in [2.75, 3.05) is 0 Å². The molecule has 0 aromatic heterocycles. The summed E-state index contributed by atoms with van der Waals surface area (Å²) in [5.74, 6) is 0.304. The summed E-state index contributed by atoms with van der Waals surface area (Å²) >= 11 is 2.44. The van der Waals surface area contributed by atoms with Gasteiger partial charge in [0.05, 0.1) is 3.42 Å². The van der Waals surface area contributed by atoms with Crippen LogP contribution in [0.1, 0.15) is 19.4 Å². The Balaban J connectivity index is 2.43. The maximum atomic E-state index is 9.31. The minimum Gasteiger partial charge on any atom is -0.508 e. The summed E-state index contributed by atoms with van der Waals surface area (Å²) in [6.07, 6.45) is 8.75. The molecule has 0 heterocycles. The summed E-state index contributed by atoms with van der Waals surface area (Å²) in [6.45, 7) is 4.30. The fourth-order valence-electron chi connectivity index (χ4n) is 1.94. The standard InChI is InChI=1S/C15H15IO/c1-11-3-4-13(10-15(2,16)9-11)12-5-7-14(17)8-6-12/h3-10,17H,1-2H3. The van der Waals surface area contributed by atoms with Gasteiger partial charge in [0.1, 0.15) is 5.75 Å². The molecule has 0 saturated heterocycles. The molecule has 1 aromatic carbocycles. The number of aromatic hydroxyl groups is 1. The summed E-state index contributed by atoms with van der Waals surface area (Å²) in [7, 11) is 0. The molecular weight excluding hydrogens is 323 g/mol. The monoisotopic (exact) mass is 338 g/mol. The smallest absolute Gasteiger partial charge is 0.115 e. The molecule has 0 spiro atoms. The van der Waals surface area contributed by atoms with Crippen molar-refractivity contribution in [3.8, 4) is 5.75 Å². The fourth-order valence-corrected chi connectivity index (χ4v) is 2.77. The second kappa shape index (κ2) is 4.69. The predicted molar refractivity (Wildman–Crippen MR) is 81.4 cm³/mol. The molecule has 0 fully saturated rings. The van der Waals surface area contributed by atoms with Crippen LogP contribution in [0.5, 0.6) is 5.75 Å². The van der Waals surface area contributed by atoms with Crippen molar-refractivity contribution in [1.29, 1.82) is 0 Å². The van der Waals surface area contributed by atoms with Crippen LogP contribution in [0.4, 0.5) is 0 Å². The van der Waals surface area contributed by atoms with E-state index in [2.05, 4.69) is 60.7 Å². The Morgan fingerprint density at radius 2 is 1.71 bits per heavy atom. The predicted octanol–water partition coefficient (Wildman–Crippen LogP) is 4.49. The van der Waals surface area contributed by atoms with Gasteiger partial charge in [-0.25, -0.2) is 0 Å². The number of phenolic OH excluding ortho intramolecular Hbond substituents is 1. The number of rotatable bonds is 1. The minimum absolute atomic E-state index is 0.0264. The van der Waals surface area contributed by atoms with Crippen LogP contribution >= 0.6 is 22.6 Å². The first kappa shape index (κ1) is 12.4. The summed E-state index contributed by atoms with van der Waals surface area (Å²) in [5, 5.41) is 9.31. The van der Waals surface area contributed by atoms with Crippen molar-refractivity contribution in [2.24, 2.45) is 0 Å². The molecule has 1 aliphatic carbocycles. The molecule has 0 radical (unpaired) electrons. The van der Waals surface area contributed by atoms with E-state index in [0.717, 1.165) is 5.56 Å². The zero-order valence-corrected chi connectivity index (χ0v) is 12.1. The largest absolute Gasteiger partial charge is 0.508 e. The molecule has 1 N–H and O–H groups in total. The van der Waals surface area contributed by atoms with E-state index in [9.17, 15) is 5.11 Å². The first-order chi connectivity index (χ1) is 7.96. The molecule has 0 saturated carbocycles. The third-order valence-corrected chi connectivity index (χ3v) is 3.30. The van der Waals surface area contributed by atoms with Crippen molar-refractivity contribution in [2.45, 2.75) is 17.3 Å². The molecular formula is C15H15IO. The van der Waals surface area contributed by atoms with Gasteiger partial charge < -0.3 is 5.11 Å². The van der Waals surface area contributed by atoms with Gasteiger partial charge in [-0.05, 0) is 37.1 Å². The number of hydrogen-bond donors (Lipinski definition) is 1. The summed E-state index contributed by atoms with van der Waals surface area (Å²) in [4.78, 5) is 0. The van der Waals surface area contributed by atoms with E-state index in [-0.39, 0.29) is 3.42 Å². The molecule has 1 unspecified atom stereocenters. The lowest BCUT2D eigenvalue weighted by Gasteiger charge is -2.14. The second-order valence-electron chi connectivity index (χ2n) is 4.52. The van der Waals surface area contributed by atoms with E-state index in [4.69, 9.17) is 0 Å². The molecule has 1 atom stereocenters. The normalized spacial score (nSPS) is 23.9. The van der Waals surface area contributed by atoms with Crippen molar-refractivity contribution in [1.82, 2.24) is 0 Å². The highest BCUT2D eigenvalue weighted by atomic mass is 127. The first-order valence-corrected chi connectivity index (χ1v) is 6.63. The van der Waals surface area contributed by atoms with Gasteiger partial charge in [0.2, 0.25) is 0 Å². The SMILES string of the molecule is CC1=CC(C)(I)C=C(c2ccc(O)cc2)C=C1. The molecule has 17 heavy (non-hydrogen) atoms. The van der Waals surface area contributed by atoms with Crippen LogP contribution < -0.4 is 0 Å². The molecule has 2 heteroatoms. The minimum atomic E-state index is 0.0264. The topological polar surface area (TPSA) is 20.2 Å². The van der Waals surface area contributed by atoms with E-state index in [0.29, 0.717) is 5.75 Å². The molecule has 1 aliphatic rings. The number of halogens is 1. The van der Waals surface area contributed by atoms with Gasteiger partial charge in [-0.15, -0.1) is 0 Å². The van der Waals surface area contributed by atoms with E-state index in [1.165, 1.54) is 11.1 Å². The van der Waals surface area contributed by atoms with Crippen LogP contribution in [0, 0.1) is 0 Å². The Bertz CT molecular complexity index is 504. The van der Waals surface area contributed by atoms with Gasteiger partial charge >= 0.3 is 0 Å². The average Bonchev–Trinajstić information content (AvgIpc) is 2.37. The van der Waals surface area contributed by atoms with Crippen LogP contribution in [0.15, 0.2) is 54.1 Å². The zero-order valence-electron chi connectivity index (χ0n) is 9.94.